The zero-order valence-electron chi connectivity index (χ0n) is 21.6. The first kappa shape index (κ1) is 29.1. The molecule has 0 unspecified atom stereocenters. The van der Waals surface area contributed by atoms with Crippen LogP contribution >= 0.6 is 11.8 Å². The summed E-state index contributed by atoms with van der Waals surface area (Å²) in [7, 11) is 0. The third-order valence-electron chi connectivity index (χ3n) is 7.59. The highest BCUT2D eigenvalue weighted by atomic mass is 32.2. The molecule has 196 valence electrons. The number of nitrogens with zero attached hydrogens (tertiary/aromatic N) is 1. The fourth-order valence-corrected chi connectivity index (χ4v) is 7.11. The number of carbonyl (C=O) groups is 2. The highest BCUT2D eigenvalue weighted by Crippen LogP contribution is 2.61. The molecule has 0 heterocycles. The highest BCUT2D eigenvalue weighted by molar-refractivity contribution is 8.00. The zero-order chi connectivity index (χ0) is 26.6. The fourth-order valence-electron chi connectivity index (χ4n) is 5.52. The number of carboxylic acids is 2. The number of thioether (sulfide) groups is 1. The summed E-state index contributed by atoms with van der Waals surface area (Å²) in [5, 5.41) is 32.8. The molecule has 0 amide bonds. The van der Waals surface area contributed by atoms with Crippen molar-refractivity contribution in [3.63, 3.8) is 0 Å². The van der Waals surface area contributed by atoms with E-state index in [1.54, 1.807) is 27.7 Å². The lowest BCUT2D eigenvalue weighted by Crippen LogP contribution is -2.72. The largest absolute Gasteiger partial charge is 0.481 e. The van der Waals surface area contributed by atoms with Crippen molar-refractivity contribution in [3.8, 4) is 0 Å². The number of hydrogen-bond acceptors (Lipinski definition) is 6. The van der Waals surface area contributed by atoms with Gasteiger partial charge in [-0.3, -0.25) is 19.7 Å². The molecule has 0 radical (unpaired) electrons. The van der Waals surface area contributed by atoms with Crippen molar-refractivity contribution in [1.29, 1.82) is 0 Å². The van der Waals surface area contributed by atoms with E-state index >= 15 is 0 Å². The Bertz CT molecular complexity index is 913. The van der Waals surface area contributed by atoms with Crippen LogP contribution in [0.25, 0.3) is 0 Å². The standard InChI is InChI=1S/C26H39NO7S/c1-7-9-10-15-34-20-21(35-18-13-11-17(3)12-14-18)25(8-2,22(28)29)16-19(27(32)33)26(20,23(30)31)24(4,5)6/h11-14,19-21H,7-10,15-16H2,1-6H3,(H,28,29)(H,30,31)/t19-,20+,21-,25+,26-/m0/s1. The first-order chi connectivity index (χ1) is 16.3. The van der Waals surface area contributed by atoms with Gasteiger partial charge in [-0.05, 0) is 37.3 Å². The van der Waals surface area contributed by atoms with Crippen LogP contribution in [0.15, 0.2) is 29.2 Å². The van der Waals surface area contributed by atoms with E-state index < -0.39 is 50.5 Å². The topological polar surface area (TPSA) is 127 Å². The third kappa shape index (κ3) is 5.35. The van der Waals surface area contributed by atoms with Crippen LogP contribution in [-0.2, 0) is 14.3 Å². The minimum Gasteiger partial charge on any atom is -0.481 e. The van der Waals surface area contributed by atoms with Crippen molar-refractivity contribution < 1.29 is 29.5 Å². The molecular weight excluding hydrogens is 470 g/mol. The summed E-state index contributed by atoms with van der Waals surface area (Å²) in [4.78, 5) is 38.6. The molecule has 0 aliphatic heterocycles. The van der Waals surface area contributed by atoms with Crippen LogP contribution in [0.3, 0.4) is 0 Å². The summed E-state index contributed by atoms with van der Waals surface area (Å²) in [6, 6.07) is 5.93. The number of hydrogen-bond donors (Lipinski definition) is 2. The lowest BCUT2D eigenvalue weighted by Gasteiger charge is -2.56. The second-order valence-corrected chi connectivity index (χ2v) is 11.8. The smallest absolute Gasteiger partial charge is 0.319 e. The molecule has 0 saturated heterocycles. The van der Waals surface area contributed by atoms with Gasteiger partial charge in [-0.2, -0.15) is 0 Å². The van der Waals surface area contributed by atoms with Crippen molar-refractivity contribution in [3.05, 3.63) is 39.9 Å². The molecule has 0 aromatic heterocycles. The van der Waals surface area contributed by atoms with Crippen molar-refractivity contribution in [2.45, 2.75) is 95.9 Å². The van der Waals surface area contributed by atoms with Gasteiger partial charge in [0.2, 0.25) is 6.04 Å². The van der Waals surface area contributed by atoms with Crippen LogP contribution in [0.2, 0.25) is 0 Å². The molecule has 1 aromatic carbocycles. The van der Waals surface area contributed by atoms with Crippen LogP contribution < -0.4 is 0 Å². The SMILES string of the molecule is CCCCCO[C@@H]1[C@H](Sc2ccc(C)cc2)[C@](CC)(C(=O)O)C[C@H]([N+](=O)[O-])[C@]1(C(=O)O)C(C)(C)C. The van der Waals surface area contributed by atoms with E-state index in [4.69, 9.17) is 4.74 Å². The van der Waals surface area contributed by atoms with Gasteiger partial charge in [0.25, 0.3) is 0 Å². The fraction of sp³-hybridized carbons (Fsp3) is 0.692. The molecule has 0 spiro atoms. The number of benzene rings is 1. The lowest BCUT2D eigenvalue weighted by molar-refractivity contribution is -0.556. The molecule has 5 atom stereocenters. The van der Waals surface area contributed by atoms with Crippen LogP contribution in [0, 0.1) is 33.3 Å². The van der Waals surface area contributed by atoms with Gasteiger partial charge < -0.3 is 14.9 Å². The maximum Gasteiger partial charge on any atom is 0.319 e. The summed E-state index contributed by atoms with van der Waals surface area (Å²) < 4.78 is 6.32. The predicted molar refractivity (Wildman–Crippen MR) is 135 cm³/mol. The molecule has 1 aliphatic rings. The van der Waals surface area contributed by atoms with Crippen LogP contribution in [-0.4, -0.2) is 51.1 Å². The summed E-state index contributed by atoms with van der Waals surface area (Å²) >= 11 is 1.26. The summed E-state index contributed by atoms with van der Waals surface area (Å²) in [5.74, 6) is -2.48. The number of ether oxygens (including phenoxy) is 1. The minimum absolute atomic E-state index is 0.116. The van der Waals surface area contributed by atoms with E-state index in [1.165, 1.54) is 11.8 Å². The quantitative estimate of drug-likeness (QED) is 0.222. The van der Waals surface area contributed by atoms with Crippen molar-refractivity contribution >= 4 is 23.7 Å². The Hall–Kier alpha value is -2.13. The monoisotopic (exact) mass is 509 g/mol. The summed E-state index contributed by atoms with van der Waals surface area (Å²) in [6.45, 7) is 10.9. The van der Waals surface area contributed by atoms with E-state index in [-0.39, 0.29) is 19.4 Å². The number of unbranched alkanes of at least 4 members (excludes halogenated alkanes) is 2. The van der Waals surface area contributed by atoms with Gasteiger partial charge in [-0.25, -0.2) is 0 Å². The van der Waals surface area contributed by atoms with E-state index in [9.17, 15) is 29.9 Å². The Labute approximate surface area is 212 Å². The van der Waals surface area contributed by atoms with Gasteiger partial charge in [0.15, 0.2) is 5.41 Å². The Balaban J connectivity index is 2.83. The van der Waals surface area contributed by atoms with Gasteiger partial charge in [-0.1, -0.05) is 65.2 Å². The van der Waals surface area contributed by atoms with Crippen molar-refractivity contribution in [2.75, 3.05) is 6.61 Å². The van der Waals surface area contributed by atoms with Gasteiger partial charge in [-0.15, -0.1) is 11.8 Å². The number of carboxylic acid groups (broad SMARTS) is 2. The Kier molecular flexibility index (Phi) is 9.39. The van der Waals surface area contributed by atoms with Gasteiger partial charge in [0.1, 0.15) is 0 Å². The molecule has 1 aromatic rings. The molecule has 8 nitrogen and oxygen atoms in total. The maximum atomic E-state index is 13.1. The van der Waals surface area contributed by atoms with Crippen molar-refractivity contribution in [1.82, 2.24) is 0 Å². The van der Waals surface area contributed by atoms with Gasteiger partial charge in [0.05, 0.1) is 16.8 Å². The maximum absolute atomic E-state index is 13.1. The molecule has 2 N–H and O–H groups in total. The second kappa shape index (κ2) is 11.3. The number of nitro groups is 1. The van der Waals surface area contributed by atoms with Crippen LogP contribution in [0.1, 0.15) is 72.3 Å². The van der Waals surface area contributed by atoms with Crippen LogP contribution in [0.4, 0.5) is 0 Å². The van der Waals surface area contributed by atoms with E-state index in [2.05, 4.69) is 0 Å². The predicted octanol–water partition coefficient (Wildman–Crippen LogP) is 5.68. The normalized spacial score (nSPS) is 29.0. The Morgan fingerprint density at radius 1 is 1.14 bits per heavy atom. The number of aryl methyl sites for hydroxylation is 1. The Morgan fingerprint density at radius 3 is 2.17 bits per heavy atom. The first-order valence-corrected chi connectivity index (χ1v) is 13.1. The van der Waals surface area contributed by atoms with E-state index in [0.717, 1.165) is 23.3 Å². The minimum atomic E-state index is -1.93. The third-order valence-corrected chi connectivity index (χ3v) is 9.08. The molecular formula is C26H39NO7S. The molecule has 2 rings (SSSR count). The molecule has 1 aliphatic carbocycles. The summed E-state index contributed by atoms with van der Waals surface area (Å²) in [5.41, 5.74) is -3.52. The molecule has 9 heteroatoms. The average Bonchev–Trinajstić information content (AvgIpc) is 2.76. The first-order valence-electron chi connectivity index (χ1n) is 12.2. The highest BCUT2D eigenvalue weighted by Gasteiger charge is 2.75. The Morgan fingerprint density at radius 2 is 1.74 bits per heavy atom. The molecule has 0 bridgehead atoms. The average molecular weight is 510 g/mol. The van der Waals surface area contributed by atoms with Gasteiger partial charge in [0, 0.05) is 22.8 Å². The van der Waals surface area contributed by atoms with E-state index in [0.29, 0.717) is 6.42 Å². The number of rotatable bonds is 11. The molecule has 35 heavy (non-hydrogen) atoms. The molecule has 1 fully saturated rings. The summed E-state index contributed by atoms with van der Waals surface area (Å²) in [6.07, 6.45) is 0.977. The van der Waals surface area contributed by atoms with Crippen LogP contribution in [0.5, 0.6) is 0 Å². The second-order valence-electron chi connectivity index (χ2n) is 10.6. The van der Waals surface area contributed by atoms with E-state index in [1.807, 2.05) is 38.1 Å². The zero-order valence-corrected chi connectivity index (χ0v) is 22.4. The number of aliphatic carboxylic acids is 2. The lowest BCUT2D eigenvalue weighted by atomic mass is 9.50. The van der Waals surface area contributed by atoms with Gasteiger partial charge >= 0.3 is 11.9 Å². The van der Waals surface area contributed by atoms with Crippen molar-refractivity contribution in [2.24, 2.45) is 16.2 Å². The molecule has 1 saturated carbocycles.